The number of nitrogens with zero attached hydrogens (tertiary/aromatic N) is 4. The molecule has 2 saturated heterocycles. The van der Waals surface area contributed by atoms with Gasteiger partial charge in [-0.25, -0.2) is 13.5 Å². The summed E-state index contributed by atoms with van der Waals surface area (Å²) in [7, 11) is 1.62. The summed E-state index contributed by atoms with van der Waals surface area (Å²) in [5, 5.41) is 19.8. The normalized spacial score (nSPS) is 24.3. The molecule has 1 aromatic heterocycles. The molecular formula is C33H45F2N5O4. The number of fused-ring (bicyclic) bond motifs is 3. The number of likely N-dealkylation sites (tertiary alicyclic amines) is 1. The number of aliphatic hydroxyl groups is 1. The van der Waals surface area contributed by atoms with Crippen LogP contribution in [0.15, 0.2) is 36.5 Å². The molecule has 240 valence electrons. The van der Waals surface area contributed by atoms with Crippen molar-refractivity contribution in [2.75, 3.05) is 38.7 Å². The van der Waals surface area contributed by atoms with E-state index in [0.717, 1.165) is 59.2 Å². The Bertz CT molecular complexity index is 1450. The van der Waals surface area contributed by atoms with Crippen LogP contribution in [0.4, 0.5) is 14.5 Å². The van der Waals surface area contributed by atoms with Crippen LogP contribution in [-0.2, 0) is 15.9 Å². The van der Waals surface area contributed by atoms with Crippen molar-refractivity contribution >= 4 is 16.6 Å². The van der Waals surface area contributed by atoms with Crippen molar-refractivity contribution in [1.82, 2.24) is 19.6 Å². The zero-order valence-electron chi connectivity index (χ0n) is 26.3. The number of alkyl halides is 2. The molecule has 3 aliphatic heterocycles. The van der Waals surface area contributed by atoms with E-state index in [0.29, 0.717) is 25.3 Å². The Morgan fingerprint density at radius 1 is 1.14 bits per heavy atom. The van der Waals surface area contributed by atoms with Crippen LogP contribution in [0.1, 0.15) is 75.9 Å². The maximum absolute atomic E-state index is 14.0. The number of aromatic nitrogens is 2. The second-order valence-corrected chi connectivity index (χ2v) is 13.3. The standard InChI is InChI=1S/C33H45F2N5O4/c1-20-14-25-23(11-12-27-26(25)18-40(37-27)30-8-6-7-13-43-30)31(39(20)19-29(34)35)24-10-9-21(15-28(24)42-5)36-22-16-38(17-22)32(41)44-33(2,3)4/h9-12,15,18,20,22,29-32,36,41H,6-8,13-14,16-17,19H2,1-5H3/t20-,30?,31+,32?/m1/s1. The van der Waals surface area contributed by atoms with Gasteiger partial charge in [-0.05, 0) is 76.6 Å². The second-order valence-electron chi connectivity index (χ2n) is 13.3. The van der Waals surface area contributed by atoms with Gasteiger partial charge < -0.3 is 24.6 Å². The first-order chi connectivity index (χ1) is 21.0. The van der Waals surface area contributed by atoms with Gasteiger partial charge in [-0.2, -0.15) is 5.10 Å². The highest BCUT2D eigenvalue weighted by Gasteiger charge is 2.38. The molecule has 3 aromatic rings. The highest BCUT2D eigenvalue weighted by Crippen LogP contribution is 2.44. The smallest absolute Gasteiger partial charge is 0.251 e. The number of hydrogen-bond donors (Lipinski definition) is 2. The van der Waals surface area contributed by atoms with Gasteiger partial charge in [0.25, 0.3) is 6.43 Å². The number of rotatable bonds is 9. The van der Waals surface area contributed by atoms with Gasteiger partial charge in [0.15, 0.2) is 0 Å². The average Bonchev–Trinajstić information content (AvgIpc) is 3.40. The number of anilines is 1. The quantitative estimate of drug-likeness (QED) is 0.305. The molecule has 0 radical (unpaired) electrons. The number of halogens is 2. The molecule has 3 aliphatic rings. The van der Waals surface area contributed by atoms with Crippen molar-refractivity contribution in [3.63, 3.8) is 0 Å². The first-order valence-corrected chi connectivity index (χ1v) is 15.7. The lowest BCUT2D eigenvalue weighted by Gasteiger charge is -2.44. The maximum atomic E-state index is 14.0. The Hall–Kier alpha value is -2.83. The fourth-order valence-electron chi connectivity index (χ4n) is 6.82. The van der Waals surface area contributed by atoms with E-state index < -0.39 is 24.5 Å². The van der Waals surface area contributed by atoms with Crippen LogP contribution in [0.5, 0.6) is 5.75 Å². The Morgan fingerprint density at radius 3 is 2.59 bits per heavy atom. The Labute approximate surface area is 258 Å². The summed E-state index contributed by atoms with van der Waals surface area (Å²) in [6.45, 7) is 9.42. The highest BCUT2D eigenvalue weighted by atomic mass is 19.3. The van der Waals surface area contributed by atoms with Gasteiger partial charge in [0.2, 0.25) is 6.41 Å². The van der Waals surface area contributed by atoms with Crippen molar-refractivity contribution in [1.29, 1.82) is 0 Å². The summed E-state index contributed by atoms with van der Waals surface area (Å²) >= 11 is 0. The largest absolute Gasteiger partial charge is 0.496 e. The van der Waals surface area contributed by atoms with Gasteiger partial charge in [-0.3, -0.25) is 9.80 Å². The van der Waals surface area contributed by atoms with Gasteiger partial charge >= 0.3 is 0 Å². The topological polar surface area (TPSA) is 84.2 Å². The molecule has 6 rings (SSSR count). The monoisotopic (exact) mass is 613 g/mol. The first kappa shape index (κ1) is 31.2. The molecule has 2 aromatic carbocycles. The Kier molecular flexibility index (Phi) is 8.87. The summed E-state index contributed by atoms with van der Waals surface area (Å²) in [5.41, 5.74) is 4.31. The molecular weight excluding hydrogens is 568 g/mol. The lowest BCUT2D eigenvalue weighted by atomic mass is 9.83. The number of ether oxygens (including phenoxy) is 3. The predicted molar refractivity (Wildman–Crippen MR) is 165 cm³/mol. The van der Waals surface area contributed by atoms with E-state index in [2.05, 4.69) is 11.5 Å². The minimum atomic E-state index is -2.47. The van der Waals surface area contributed by atoms with E-state index in [1.165, 1.54) is 0 Å². The molecule has 11 heteroatoms. The fraction of sp³-hybridized carbons (Fsp3) is 0.606. The summed E-state index contributed by atoms with van der Waals surface area (Å²) < 4.78 is 47.5. The van der Waals surface area contributed by atoms with Crippen LogP contribution in [0.3, 0.4) is 0 Å². The van der Waals surface area contributed by atoms with Gasteiger partial charge in [0, 0.05) is 54.6 Å². The molecule has 0 spiro atoms. The van der Waals surface area contributed by atoms with Crippen molar-refractivity contribution in [3.05, 3.63) is 53.2 Å². The van der Waals surface area contributed by atoms with Gasteiger partial charge in [-0.15, -0.1) is 0 Å². The summed E-state index contributed by atoms with van der Waals surface area (Å²) in [4.78, 5) is 3.76. The van der Waals surface area contributed by atoms with Gasteiger partial charge in [0.05, 0.1) is 36.9 Å². The summed E-state index contributed by atoms with van der Waals surface area (Å²) in [6, 6.07) is 9.57. The minimum absolute atomic E-state index is 0.0730. The lowest BCUT2D eigenvalue weighted by Crippen LogP contribution is -2.60. The minimum Gasteiger partial charge on any atom is -0.496 e. The van der Waals surface area contributed by atoms with Crippen molar-refractivity contribution in [2.24, 2.45) is 0 Å². The molecule has 0 bridgehead atoms. The zero-order chi connectivity index (χ0) is 31.2. The van der Waals surface area contributed by atoms with E-state index in [1.807, 2.05) is 72.5 Å². The molecule has 0 saturated carbocycles. The third-order valence-corrected chi connectivity index (χ3v) is 8.93. The van der Waals surface area contributed by atoms with Gasteiger partial charge in [0.1, 0.15) is 12.0 Å². The average molecular weight is 614 g/mol. The van der Waals surface area contributed by atoms with Crippen molar-refractivity contribution in [2.45, 2.75) is 96.2 Å². The van der Waals surface area contributed by atoms with E-state index >= 15 is 0 Å². The van der Waals surface area contributed by atoms with E-state index in [-0.39, 0.29) is 24.9 Å². The van der Waals surface area contributed by atoms with Crippen LogP contribution < -0.4 is 10.1 Å². The molecule has 0 amide bonds. The van der Waals surface area contributed by atoms with Crippen LogP contribution in [0.2, 0.25) is 0 Å². The molecule has 2 N–H and O–H groups in total. The van der Waals surface area contributed by atoms with Crippen LogP contribution in [0.25, 0.3) is 10.9 Å². The zero-order valence-corrected chi connectivity index (χ0v) is 26.3. The summed E-state index contributed by atoms with van der Waals surface area (Å²) in [5.74, 6) is 0.637. The number of nitrogens with one attached hydrogen (secondary N) is 1. The number of aliphatic hydroxyl groups excluding tert-OH is 1. The number of methoxy groups -OCH3 is 1. The van der Waals surface area contributed by atoms with Crippen LogP contribution in [-0.4, -0.2) is 88.6 Å². The molecule has 4 heterocycles. The third-order valence-electron chi connectivity index (χ3n) is 8.93. The van der Waals surface area contributed by atoms with E-state index in [1.54, 1.807) is 7.11 Å². The van der Waals surface area contributed by atoms with E-state index in [4.69, 9.17) is 19.3 Å². The lowest BCUT2D eigenvalue weighted by molar-refractivity contribution is -0.253. The summed E-state index contributed by atoms with van der Waals surface area (Å²) in [6.07, 6.45) is 2.34. The van der Waals surface area contributed by atoms with Gasteiger partial charge in [-0.1, -0.05) is 12.1 Å². The maximum Gasteiger partial charge on any atom is 0.251 e. The fourth-order valence-corrected chi connectivity index (χ4v) is 6.82. The molecule has 2 fully saturated rings. The molecule has 2 unspecified atom stereocenters. The molecule has 4 atom stereocenters. The number of benzene rings is 2. The second kappa shape index (κ2) is 12.5. The third kappa shape index (κ3) is 6.44. The van der Waals surface area contributed by atoms with Crippen LogP contribution in [0, 0.1) is 0 Å². The van der Waals surface area contributed by atoms with Crippen LogP contribution >= 0.6 is 0 Å². The molecule has 9 nitrogen and oxygen atoms in total. The predicted octanol–water partition coefficient (Wildman–Crippen LogP) is 5.53. The van der Waals surface area contributed by atoms with E-state index in [9.17, 15) is 13.9 Å². The first-order valence-electron chi connectivity index (χ1n) is 15.7. The Balaban J connectivity index is 1.29. The Morgan fingerprint density at radius 2 is 1.91 bits per heavy atom. The van der Waals surface area contributed by atoms with Crippen molar-refractivity contribution in [3.8, 4) is 5.75 Å². The highest BCUT2D eigenvalue weighted by molar-refractivity contribution is 5.84. The molecule has 44 heavy (non-hydrogen) atoms. The number of hydrogen-bond acceptors (Lipinski definition) is 8. The SMILES string of the molecule is COc1cc(NC2CN(C(O)OC(C)(C)C)C2)ccc1[C@@H]1c2ccc3nn(C4CCCCO4)cc3c2C[C@@H](C)N1CC(F)F. The molecule has 0 aliphatic carbocycles. The van der Waals surface area contributed by atoms with Crippen molar-refractivity contribution < 1.29 is 28.1 Å².